The normalized spacial score (nSPS) is 11.9. The molecule has 0 N–H and O–H groups in total. The van der Waals surface area contributed by atoms with Crippen molar-refractivity contribution >= 4 is 22.6 Å². The van der Waals surface area contributed by atoms with Crippen LogP contribution in [0.15, 0.2) is 65.8 Å². The summed E-state index contributed by atoms with van der Waals surface area (Å²) in [6.07, 6.45) is -1.62. The molecule has 0 amide bonds. The molecule has 9 heteroatoms. The van der Waals surface area contributed by atoms with Crippen molar-refractivity contribution in [3.63, 3.8) is 0 Å². The fourth-order valence-corrected chi connectivity index (χ4v) is 2.95. The van der Waals surface area contributed by atoms with Crippen molar-refractivity contribution < 1.29 is 13.2 Å². The van der Waals surface area contributed by atoms with Crippen LogP contribution in [0.5, 0.6) is 0 Å². The lowest BCUT2D eigenvalue weighted by Crippen LogP contribution is -2.21. The number of fused-ring (bicyclic) bond motifs is 1. The zero-order chi connectivity index (χ0) is 19.9. The molecule has 0 atom stereocenters. The zero-order valence-corrected chi connectivity index (χ0v) is 14.9. The van der Waals surface area contributed by atoms with Gasteiger partial charge in [-0.1, -0.05) is 23.7 Å². The smallest absolute Gasteiger partial charge is 0.294 e. The first kappa shape index (κ1) is 18.2. The van der Waals surface area contributed by atoms with E-state index < -0.39 is 11.7 Å². The Balaban J connectivity index is 1.67. The molecular weight excluding hydrogens is 393 g/mol. The summed E-state index contributed by atoms with van der Waals surface area (Å²) in [6.45, 7) is 0.103. The van der Waals surface area contributed by atoms with Gasteiger partial charge >= 0.3 is 6.18 Å². The van der Waals surface area contributed by atoms with Crippen LogP contribution in [-0.2, 0) is 12.7 Å². The highest BCUT2D eigenvalue weighted by molar-refractivity contribution is 6.30. The number of alkyl halides is 3. The number of benzene rings is 2. The van der Waals surface area contributed by atoms with Gasteiger partial charge in [0, 0.05) is 5.02 Å². The second kappa shape index (κ2) is 6.79. The molecule has 0 bridgehead atoms. The van der Waals surface area contributed by atoms with Crippen LogP contribution in [0.4, 0.5) is 13.2 Å². The fourth-order valence-electron chi connectivity index (χ4n) is 2.83. The first-order valence-electron chi connectivity index (χ1n) is 8.18. The quantitative estimate of drug-likeness (QED) is 0.511. The maximum Gasteiger partial charge on any atom is 0.416 e. The van der Waals surface area contributed by atoms with Crippen LogP contribution in [0.3, 0.4) is 0 Å². The van der Waals surface area contributed by atoms with Gasteiger partial charge in [0.25, 0.3) is 5.56 Å². The molecule has 28 heavy (non-hydrogen) atoms. The molecule has 2 aromatic carbocycles. The molecule has 0 aliphatic heterocycles. The zero-order valence-electron chi connectivity index (χ0n) is 14.2. The average Bonchev–Trinajstić information content (AvgIpc) is 3.09. The molecule has 0 unspecified atom stereocenters. The Morgan fingerprint density at radius 3 is 2.32 bits per heavy atom. The van der Waals surface area contributed by atoms with E-state index in [0.717, 1.165) is 12.1 Å². The van der Waals surface area contributed by atoms with Crippen LogP contribution in [0.1, 0.15) is 11.1 Å². The molecule has 0 saturated carbocycles. The molecule has 4 rings (SSSR count). The summed E-state index contributed by atoms with van der Waals surface area (Å²) in [7, 11) is 0. The largest absolute Gasteiger partial charge is 0.416 e. The summed E-state index contributed by atoms with van der Waals surface area (Å²) >= 11 is 5.89. The SMILES string of the molecule is O=c1c2cnn(-c3ccc(Cl)cc3)c2ncn1Cc1ccc(C(F)(F)F)cc1. The van der Waals surface area contributed by atoms with Crippen molar-refractivity contribution in [3.8, 4) is 5.69 Å². The molecule has 5 nitrogen and oxygen atoms in total. The molecule has 4 aromatic rings. The number of aromatic nitrogens is 4. The summed E-state index contributed by atoms with van der Waals surface area (Å²) in [5.74, 6) is 0. The molecule has 0 spiro atoms. The van der Waals surface area contributed by atoms with Gasteiger partial charge in [-0.15, -0.1) is 0 Å². The number of hydrogen-bond acceptors (Lipinski definition) is 3. The van der Waals surface area contributed by atoms with Gasteiger partial charge in [0.2, 0.25) is 0 Å². The molecule has 0 fully saturated rings. The summed E-state index contributed by atoms with van der Waals surface area (Å²) in [5.41, 5.74) is 0.579. The Labute approximate surface area is 161 Å². The minimum atomic E-state index is -4.40. The van der Waals surface area contributed by atoms with Crippen molar-refractivity contribution in [1.29, 1.82) is 0 Å². The Morgan fingerprint density at radius 1 is 1.00 bits per heavy atom. The van der Waals surface area contributed by atoms with Crippen molar-refractivity contribution in [1.82, 2.24) is 19.3 Å². The van der Waals surface area contributed by atoms with Crippen molar-refractivity contribution in [3.05, 3.63) is 87.6 Å². The van der Waals surface area contributed by atoms with E-state index in [2.05, 4.69) is 10.1 Å². The monoisotopic (exact) mass is 404 g/mol. The summed E-state index contributed by atoms with van der Waals surface area (Å²) in [6, 6.07) is 11.6. The second-order valence-electron chi connectivity index (χ2n) is 6.14. The highest BCUT2D eigenvalue weighted by atomic mass is 35.5. The first-order chi connectivity index (χ1) is 13.3. The first-order valence-corrected chi connectivity index (χ1v) is 8.56. The fraction of sp³-hybridized carbons (Fsp3) is 0.105. The second-order valence-corrected chi connectivity index (χ2v) is 6.58. The summed E-state index contributed by atoms with van der Waals surface area (Å²) in [4.78, 5) is 17.0. The number of rotatable bonds is 3. The highest BCUT2D eigenvalue weighted by Crippen LogP contribution is 2.29. The van der Waals surface area contributed by atoms with Gasteiger partial charge in [0.05, 0.1) is 24.0 Å². The molecule has 0 aliphatic rings. The molecule has 0 aliphatic carbocycles. The van der Waals surface area contributed by atoms with Crippen LogP contribution in [-0.4, -0.2) is 19.3 Å². The van der Waals surface area contributed by atoms with E-state index in [-0.39, 0.29) is 12.1 Å². The molecular formula is C19H12ClF3N4O. The van der Waals surface area contributed by atoms with Crippen LogP contribution >= 0.6 is 11.6 Å². The lowest BCUT2D eigenvalue weighted by molar-refractivity contribution is -0.137. The maximum atomic E-state index is 12.7. The van der Waals surface area contributed by atoms with Crippen molar-refractivity contribution in [2.45, 2.75) is 12.7 Å². The van der Waals surface area contributed by atoms with Gasteiger partial charge in [-0.2, -0.15) is 18.3 Å². The highest BCUT2D eigenvalue weighted by Gasteiger charge is 2.29. The van der Waals surface area contributed by atoms with Gasteiger partial charge in [0.15, 0.2) is 5.65 Å². The van der Waals surface area contributed by atoms with Gasteiger partial charge in [-0.3, -0.25) is 9.36 Å². The van der Waals surface area contributed by atoms with E-state index in [4.69, 9.17) is 11.6 Å². The molecule has 2 aromatic heterocycles. The van der Waals surface area contributed by atoms with E-state index in [1.807, 2.05) is 0 Å². The molecule has 0 radical (unpaired) electrons. The number of halogens is 4. The lowest BCUT2D eigenvalue weighted by Gasteiger charge is -2.09. The third-order valence-electron chi connectivity index (χ3n) is 4.26. The molecule has 142 valence electrons. The minimum absolute atomic E-state index is 0.103. The van der Waals surface area contributed by atoms with Crippen LogP contribution in [0.2, 0.25) is 5.02 Å². The Hall–Kier alpha value is -3.13. The van der Waals surface area contributed by atoms with E-state index in [1.165, 1.54) is 33.9 Å². The lowest BCUT2D eigenvalue weighted by atomic mass is 10.1. The standard InChI is InChI=1S/C19H12ClF3N4O/c20-14-5-7-15(8-6-14)27-17-16(9-25-27)18(28)26(11-24-17)10-12-1-3-13(4-2-12)19(21,22)23/h1-9,11H,10H2. The third-order valence-corrected chi connectivity index (χ3v) is 4.51. The van der Waals surface area contributed by atoms with Crippen LogP contribution in [0, 0.1) is 0 Å². The van der Waals surface area contributed by atoms with Gasteiger partial charge in [-0.25, -0.2) is 9.67 Å². The van der Waals surface area contributed by atoms with Crippen molar-refractivity contribution in [2.75, 3.05) is 0 Å². The van der Waals surface area contributed by atoms with Crippen LogP contribution in [0.25, 0.3) is 16.7 Å². The maximum absolute atomic E-state index is 12.7. The van der Waals surface area contributed by atoms with E-state index in [0.29, 0.717) is 27.3 Å². The summed E-state index contributed by atoms with van der Waals surface area (Å²) in [5, 5.41) is 5.10. The minimum Gasteiger partial charge on any atom is -0.294 e. The van der Waals surface area contributed by atoms with E-state index >= 15 is 0 Å². The van der Waals surface area contributed by atoms with Crippen LogP contribution < -0.4 is 5.56 Å². The Morgan fingerprint density at radius 2 is 1.68 bits per heavy atom. The Kier molecular flexibility index (Phi) is 4.43. The van der Waals surface area contributed by atoms with Crippen molar-refractivity contribution in [2.24, 2.45) is 0 Å². The molecule has 0 saturated heterocycles. The summed E-state index contributed by atoms with van der Waals surface area (Å²) < 4.78 is 40.9. The third kappa shape index (κ3) is 3.38. The molecule has 2 heterocycles. The number of nitrogens with zero attached hydrogens (tertiary/aromatic N) is 4. The predicted octanol–water partition coefficient (Wildman–Crippen LogP) is 4.30. The van der Waals surface area contributed by atoms with Gasteiger partial charge in [-0.05, 0) is 42.0 Å². The Bertz CT molecular complexity index is 1200. The van der Waals surface area contributed by atoms with Gasteiger partial charge in [0.1, 0.15) is 11.7 Å². The average molecular weight is 405 g/mol. The van der Waals surface area contributed by atoms with E-state index in [1.54, 1.807) is 24.3 Å². The van der Waals surface area contributed by atoms with E-state index in [9.17, 15) is 18.0 Å². The topological polar surface area (TPSA) is 52.7 Å². The number of hydrogen-bond donors (Lipinski definition) is 0. The van der Waals surface area contributed by atoms with Gasteiger partial charge < -0.3 is 0 Å². The predicted molar refractivity (Wildman–Crippen MR) is 98.7 cm³/mol.